The Morgan fingerprint density at radius 3 is 2.53 bits per heavy atom. The van der Waals surface area contributed by atoms with Gasteiger partial charge in [-0.05, 0) is 31.7 Å². The van der Waals surface area contributed by atoms with E-state index in [0.29, 0.717) is 13.0 Å². The molecule has 8 heteroatoms. The summed E-state index contributed by atoms with van der Waals surface area (Å²) in [5.74, 6) is -0.586. The lowest BCUT2D eigenvalue weighted by Crippen LogP contribution is -2.76. The SMILES string of the molecule is CCN1C[C@]2(COC)CC[C@H](O)[C@@]34[C@@H]5C[C@H]6[C@H](OC(C)=O)[C@@H]5[C@](O)(C[C@H]6OC)[C@@H]([C@H](OC)[C@H]23)[C@@H]14. The second-order valence-electron chi connectivity index (χ2n) is 12.1. The van der Waals surface area contributed by atoms with Gasteiger partial charge in [-0.1, -0.05) is 6.92 Å². The lowest BCUT2D eigenvalue weighted by molar-refractivity contribution is -0.274. The minimum atomic E-state index is -1.09. The Bertz CT molecular complexity index is 855. The highest BCUT2D eigenvalue weighted by atomic mass is 16.5. The lowest BCUT2D eigenvalue weighted by Gasteiger charge is -2.68. The zero-order valence-electron chi connectivity index (χ0n) is 21.1. The van der Waals surface area contributed by atoms with Crippen LogP contribution in [-0.4, -0.2) is 98.2 Å². The third-order valence-corrected chi connectivity index (χ3v) is 11.4. The summed E-state index contributed by atoms with van der Waals surface area (Å²) in [6.07, 6.45) is 1.64. The van der Waals surface area contributed by atoms with E-state index in [1.54, 1.807) is 21.3 Å². The molecule has 5 saturated carbocycles. The molecule has 0 amide bonds. The van der Waals surface area contributed by atoms with Crippen LogP contribution >= 0.6 is 0 Å². The van der Waals surface area contributed by atoms with Crippen LogP contribution < -0.4 is 0 Å². The van der Waals surface area contributed by atoms with Gasteiger partial charge >= 0.3 is 5.97 Å². The number of fused-ring (bicyclic) bond motifs is 2. The molecule has 6 rings (SSSR count). The van der Waals surface area contributed by atoms with Gasteiger partial charge in [-0.3, -0.25) is 9.69 Å². The number of hydrogen-bond donors (Lipinski definition) is 2. The molecule has 6 aliphatic rings. The van der Waals surface area contributed by atoms with Crippen molar-refractivity contribution in [3.8, 4) is 0 Å². The number of esters is 1. The summed E-state index contributed by atoms with van der Waals surface area (Å²) in [5.41, 5.74) is -1.66. The maximum atomic E-state index is 12.7. The van der Waals surface area contributed by atoms with E-state index in [2.05, 4.69) is 11.8 Å². The van der Waals surface area contributed by atoms with Crippen molar-refractivity contribution in [2.75, 3.05) is 41.0 Å². The van der Waals surface area contributed by atoms with E-state index in [0.717, 1.165) is 32.4 Å². The first-order valence-corrected chi connectivity index (χ1v) is 13.1. The second kappa shape index (κ2) is 7.62. The molecule has 192 valence electrons. The first-order chi connectivity index (χ1) is 16.2. The quantitative estimate of drug-likeness (QED) is 0.546. The molecule has 13 atom stereocenters. The molecule has 2 N–H and O–H groups in total. The zero-order chi connectivity index (χ0) is 24.2. The number of methoxy groups -OCH3 is 3. The Balaban J connectivity index is 1.61. The summed E-state index contributed by atoms with van der Waals surface area (Å²) in [6, 6.07) is 0.0197. The molecule has 0 radical (unpaired) electrons. The molecule has 5 aliphatic carbocycles. The largest absolute Gasteiger partial charge is 0.462 e. The number of hydrogen-bond acceptors (Lipinski definition) is 8. The van der Waals surface area contributed by atoms with Gasteiger partial charge in [-0.25, -0.2) is 0 Å². The van der Waals surface area contributed by atoms with Crippen LogP contribution in [-0.2, 0) is 23.7 Å². The molecule has 1 spiro atoms. The topological polar surface area (TPSA) is 97.7 Å². The van der Waals surface area contributed by atoms with E-state index in [4.69, 9.17) is 18.9 Å². The van der Waals surface area contributed by atoms with Crippen molar-refractivity contribution in [3.05, 3.63) is 0 Å². The molecular formula is C26H41NO7. The molecule has 0 aromatic rings. The molecule has 0 aromatic carbocycles. The van der Waals surface area contributed by atoms with E-state index in [1.165, 1.54) is 6.92 Å². The molecular weight excluding hydrogens is 438 g/mol. The van der Waals surface area contributed by atoms with Gasteiger partial charge in [0.25, 0.3) is 0 Å². The smallest absolute Gasteiger partial charge is 0.302 e. The van der Waals surface area contributed by atoms with Crippen molar-refractivity contribution in [2.45, 2.75) is 75.6 Å². The van der Waals surface area contributed by atoms with Crippen LogP contribution in [0.5, 0.6) is 0 Å². The fourth-order valence-corrected chi connectivity index (χ4v) is 11.0. The van der Waals surface area contributed by atoms with E-state index < -0.39 is 23.2 Å². The van der Waals surface area contributed by atoms with Crippen LogP contribution in [0.15, 0.2) is 0 Å². The number of ether oxygens (including phenoxy) is 4. The predicted molar refractivity (Wildman–Crippen MR) is 122 cm³/mol. The first kappa shape index (κ1) is 23.6. The van der Waals surface area contributed by atoms with Crippen molar-refractivity contribution in [1.82, 2.24) is 4.90 Å². The summed E-state index contributed by atoms with van der Waals surface area (Å²) in [4.78, 5) is 14.7. The molecule has 0 unspecified atom stereocenters. The van der Waals surface area contributed by atoms with Gasteiger partial charge < -0.3 is 29.2 Å². The average Bonchev–Trinajstić information content (AvgIpc) is 3.23. The van der Waals surface area contributed by atoms with Crippen molar-refractivity contribution in [3.63, 3.8) is 0 Å². The summed E-state index contributed by atoms with van der Waals surface area (Å²) in [6.45, 7) is 6.00. The summed E-state index contributed by atoms with van der Waals surface area (Å²) in [7, 11) is 5.23. The third kappa shape index (κ3) is 2.48. The zero-order valence-corrected chi connectivity index (χ0v) is 21.1. The minimum absolute atomic E-state index is 0.0197. The fraction of sp³-hybridized carbons (Fsp3) is 0.962. The molecule has 1 aliphatic heterocycles. The molecule has 8 nitrogen and oxygen atoms in total. The number of carbonyl (C=O) groups is 1. The van der Waals surface area contributed by atoms with E-state index in [9.17, 15) is 15.0 Å². The van der Waals surface area contributed by atoms with Crippen LogP contribution in [0, 0.1) is 40.4 Å². The Hall–Kier alpha value is -0.770. The van der Waals surface area contributed by atoms with Crippen molar-refractivity contribution in [2.24, 2.45) is 40.4 Å². The van der Waals surface area contributed by atoms with E-state index >= 15 is 0 Å². The third-order valence-electron chi connectivity index (χ3n) is 11.4. The van der Waals surface area contributed by atoms with Gasteiger partial charge in [0.15, 0.2) is 0 Å². The van der Waals surface area contributed by atoms with Crippen LogP contribution in [0.4, 0.5) is 0 Å². The Kier molecular flexibility index (Phi) is 5.29. The highest BCUT2D eigenvalue weighted by molar-refractivity contribution is 5.66. The monoisotopic (exact) mass is 479 g/mol. The van der Waals surface area contributed by atoms with E-state index in [1.807, 2.05) is 0 Å². The van der Waals surface area contributed by atoms with Crippen LogP contribution in [0.1, 0.15) is 39.5 Å². The Labute approximate surface area is 202 Å². The van der Waals surface area contributed by atoms with Gasteiger partial charge in [0.1, 0.15) is 6.10 Å². The van der Waals surface area contributed by atoms with E-state index in [-0.39, 0.29) is 59.2 Å². The average molecular weight is 480 g/mol. The Morgan fingerprint density at radius 2 is 1.91 bits per heavy atom. The molecule has 0 aromatic heterocycles. The van der Waals surface area contributed by atoms with Gasteiger partial charge in [-0.15, -0.1) is 0 Å². The van der Waals surface area contributed by atoms with Gasteiger partial charge in [0.2, 0.25) is 0 Å². The second-order valence-corrected chi connectivity index (χ2v) is 12.1. The van der Waals surface area contributed by atoms with Crippen LogP contribution in [0.25, 0.3) is 0 Å². The molecule has 34 heavy (non-hydrogen) atoms. The fourth-order valence-electron chi connectivity index (χ4n) is 11.0. The minimum Gasteiger partial charge on any atom is -0.462 e. The number of likely N-dealkylation sites (tertiary alicyclic amines) is 1. The molecule has 7 bridgehead atoms. The van der Waals surface area contributed by atoms with Gasteiger partial charge in [0, 0.05) is 81.8 Å². The standard InChI is InChI=1S/C26H41NO7/c1-6-27-11-24(12-31-3)8-7-17(29)26-15-9-14-16(32-4)10-25(30,18(15)20(14)34-13(2)28)19(23(26)27)21(33-5)22(24)26/h14-23,29-30H,6-12H2,1-5H3/t14-,15-,16-,17+,18-,19+,20+,21+,22-,23-,24+,25-,26+/m1/s1. The lowest BCUT2D eigenvalue weighted by atomic mass is 9.43. The number of rotatable bonds is 6. The summed E-state index contributed by atoms with van der Waals surface area (Å²) < 4.78 is 24.1. The van der Waals surface area contributed by atoms with Crippen molar-refractivity contribution < 1.29 is 34.0 Å². The maximum Gasteiger partial charge on any atom is 0.302 e. The van der Waals surface area contributed by atoms with Crippen molar-refractivity contribution >= 4 is 5.97 Å². The van der Waals surface area contributed by atoms with Crippen LogP contribution in [0.3, 0.4) is 0 Å². The first-order valence-electron chi connectivity index (χ1n) is 13.1. The number of aliphatic hydroxyl groups is 2. The molecule has 6 fully saturated rings. The summed E-state index contributed by atoms with van der Waals surface area (Å²) in [5, 5.41) is 24.7. The highest BCUT2D eigenvalue weighted by Crippen LogP contribution is 2.79. The predicted octanol–water partition coefficient (Wildman–Crippen LogP) is 1.07. The van der Waals surface area contributed by atoms with Crippen LogP contribution in [0.2, 0.25) is 0 Å². The maximum absolute atomic E-state index is 12.7. The number of aliphatic hydroxyl groups excluding tert-OH is 1. The molecule has 1 saturated heterocycles. The summed E-state index contributed by atoms with van der Waals surface area (Å²) >= 11 is 0. The number of carbonyl (C=O) groups excluding carboxylic acids is 1. The molecule has 1 heterocycles. The normalized spacial score (nSPS) is 57.0. The highest BCUT2D eigenvalue weighted by Gasteiger charge is 2.86. The van der Waals surface area contributed by atoms with Gasteiger partial charge in [-0.2, -0.15) is 0 Å². The number of nitrogens with zero attached hydrogens (tertiary/aromatic N) is 1. The number of piperidine rings is 1. The Morgan fingerprint density at radius 1 is 1.15 bits per heavy atom. The van der Waals surface area contributed by atoms with Crippen molar-refractivity contribution in [1.29, 1.82) is 0 Å². The van der Waals surface area contributed by atoms with Gasteiger partial charge in [0.05, 0.1) is 30.5 Å².